The first-order valence-corrected chi connectivity index (χ1v) is 10.1. The number of rotatable bonds is 8. The predicted octanol–water partition coefficient (Wildman–Crippen LogP) is 3.54. The summed E-state index contributed by atoms with van der Waals surface area (Å²) in [5.74, 6) is 0.117. The Bertz CT molecular complexity index is 860. The second kappa shape index (κ2) is 9.87. The molecule has 2 amide bonds. The van der Waals surface area contributed by atoms with E-state index in [4.69, 9.17) is 4.74 Å². The van der Waals surface area contributed by atoms with Crippen molar-refractivity contribution in [3.8, 4) is 5.75 Å². The van der Waals surface area contributed by atoms with Crippen LogP contribution in [0.3, 0.4) is 0 Å². The van der Waals surface area contributed by atoms with Crippen LogP contribution in [0.5, 0.6) is 5.75 Å². The lowest BCUT2D eigenvalue weighted by atomic mass is 10.1. The Morgan fingerprint density at radius 1 is 1.17 bits per heavy atom. The fourth-order valence-corrected chi connectivity index (χ4v) is 3.18. The molecule has 0 unspecified atom stereocenters. The second-order valence-electron chi connectivity index (χ2n) is 7.08. The van der Waals surface area contributed by atoms with Crippen molar-refractivity contribution in [3.63, 3.8) is 0 Å². The summed E-state index contributed by atoms with van der Waals surface area (Å²) in [6.45, 7) is 5.20. The van der Waals surface area contributed by atoms with E-state index in [0.29, 0.717) is 13.2 Å². The third-order valence-electron chi connectivity index (χ3n) is 4.89. The molecule has 1 heterocycles. The molecule has 1 N–H and O–H groups in total. The molecular weight excluding hydrogens is 366 g/mol. The Morgan fingerprint density at radius 2 is 1.90 bits per heavy atom. The fraction of sp³-hybridized carbons (Fsp3) is 0.348. The minimum Gasteiger partial charge on any atom is -0.494 e. The van der Waals surface area contributed by atoms with E-state index >= 15 is 0 Å². The zero-order chi connectivity index (χ0) is 20.6. The second-order valence-corrected chi connectivity index (χ2v) is 7.08. The maximum Gasteiger partial charge on any atom is 0.245 e. The number of benzene rings is 2. The number of nitrogens with zero attached hydrogens (tertiary/aromatic N) is 2. The van der Waals surface area contributed by atoms with E-state index in [1.807, 2.05) is 48.5 Å². The number of nitrogens with one attached hydrogen (secondary N) is 1. The van der Waals surface area contributed by atoms with Crippen molar-refractivity contribution in [2.45, 2.75) is 33.1 Å². The van der Waals surface area contributed by atoms with Crippen molar-refractivity contribution >= 4 is 23.7 Å². The summed E-state index contributed by atoms with van der Waals surface area (Å²) in [6, 6.07) is 15.4. The van der Waals surface area contributed by atoms with Crippen LogP contribution in [-0.4, -0.2) is 31.2 Å². The maximum atomic E-state index is 12.4. The normalized spacial score (nSPS) is 16.4. The van der Waals surface area contributed by atoms with Crippen molar-refractivity contribution in [1.82, 2.24) is 5.43 Å². The molecule has 0 aliphatic carbocycles. The average Bonchev–Trinajstić information content (AvgIpc) is 3.15. The Kier molecular flexibility index (Phi) is 7.00. The summed E-state index contributed by atoms with van der Waals surface area (Å²) < 4.78 is 5.54. The Labute approximate surface area is 171 Å². The van der Waals surface area contributed by atoms with Gasteiger partial charge in [0.1, 0.15) is 5.75 Å². The fourth-order valence-electron chi connectivity index (χ4n) is 3.18. The molecule has 1 saturated heterocycles. The van der Waals surface area contributed by atoms with E-state index in [9.17, 15) is 9.59 Å². The number of carbonyl (C=O) groups is 2. The van der Waals surface area contributed by atoms with E-state index in [-0.39, 0.29) is 18.2 Å². The first kappa shape index (κ1) is 20.6. The molecule has 6 nitrogen and oxygen atoms in total. The van der Waals surface area contributed by atoms with Gasteiger partial charge in [-0.05, 0) is 60.4 Å². The van der Waals surface area contributed by atoms with Crippen LogP contribution >= 0.6 is 0 Å². The van der Waals surface area contributed by atoms with E-state index < -0.39 is 5.92 Å². The summed E-state index contributed by atoms with van der Waals surface area (Å²) in [5, 5.41) is 4.03. The van der Waals surface area contributed by atoms with Crippen LogP contribution in [-0.2, 0) is 16.0 Å². The van der Waals surface area contributed by atoms with Gasteiger partial charge in [0, 0.05) is 18.7 Å². The molecule has 0 radical (unpaired) electrons. The van der Waals surface area contributed by atoms with E-state index in [0.717, 1.165) is 29.8 Å². The lowest BCUT2D eigenvalue weighted by Gasteiger charge is -2.16. The van der Waals surface area contributed by atoms with Crippen LogP contribution in [0.2, 0.25) is 0 Å². The minimum absolute atomic E-state index is 0.0407. The molecule has 2 aromatic carbocycles. The zero-order valence-corrected chi connectivity index (χ0v) is 16.9. The van der Waals surface area contributed by atoms with Gasteiger partial charge in [-0.2, -0.15) is 5.10 Å². The molecule has 2 aromatic rings. The van der Waals surface area contributed by atoms with Crippen molar-refractivity contribution in [1.29, 1.82) is 0 Å². The average molecular weight is 393 g/mol. The van der Waals surface area contributed by atoms with Gasteiger partial charge in [0.05, 0.1) is 18.7 Å². The summed E-state index contributed by atoms with van der Waals surface area (Å²) in [6.07, 6.45) is 3.69. The zero-order valence-electron chi connectivity index (χ0n) is 16.9. The molecule has 0 aromatic heterocycles. The highest BCUT2D eigenvalue weighted by molar-refractivity contribution is 6.00. The van der Waals surface area contributed by atoms with Gasteiger partial charge in [-0.3, -0.25) is 9.59 Å². The third-order valence-corrected chi connectivity index (χ3v) is 4.89. The van der Waals surface area contributed by atoms with Gasteiger partial charge in [-0.15, -0.1) is 0 Å². The molecule has 1 atom stereocenters. The minimum atomic E-state index is -0.407. The van der Waals surface area contributed by atoms with E-state index in [1.54, 1.807) is 11.1 Å². The summed E-state index contributed by atoms with van der Waals surface area (Å²) in [7, 11) is 0. The summed E-state index contributed by atoms with van der Waals surface area (Å²) in [4.78, 5) is 26.4. The predicted molar refractivity (Wildman–Crippen MR) is 114 cm³/mol. The molecule has 1 fully saturated rings. The molecule has 152 valence electrons. The van der Waals surface area contributed by atoms with Gasteiger partial charge in [0.15, 0.2) is 0 Å². The number of hydrazone groups is 1. The number of carbonyl (C=O) groups excluding carboxylic acids is 2. The Hall–Kier alpha value is -3.15. The van der Waals surface area contributed by atoms with Gasteiger partial charge in [0.25, 0.3) is 0 Å². The highest BCUT2D eigenvalue weighted by atomic mass is 16.5. The van der Waals surface area contributed by atoms with Gasteiger partial charge in [0.2, 0.25) is 11.8 Å². The lowest BCUT2D eigenvalue weighted by Crippen LogP contribution is -2.30. The van der Waals surface area contributed by atoms with Crippen LogP contribution in [0.25, 0.3) is 0 Å². The first-order chi connectivity index (χ1) is 14.1. The van der Waals surface area contributed by atoms with Crippen molar-refractivity contribution < 1.29 is 14.3 Å². The van der Waals surface area contributed by atoms with Crippen LogP contribution in [0.4, 0.5) is 5.69 Å². The Balaban J connectivity index is 1.53. The third kappa shape index (κ3) is 5.44. The highest BCUT2D eigenvalue weighted by Crippen LogP contribution is 2.25. The number of ether oxygens (including phenoxy) is 1. The quantitative estimate of drug-likeness (QED) is 0.551. The standard InChI is InChI=1S/C23H27N3O3/c1-3-13-29-21-11-7-18(8-12-21)15-24-25-23(28)19-14-22(27)26(16-19)20-9-5-17(4-2)6-10-20/h5-12,15,19H,3-4,13-14,16H2,1-2H3,(H,25,28)/b24-15+/t19-/m0/s1. The highest BCUT2D eigenvalue weighted by Gasteiger charge is 2.35. The lowest BCUT2D eigenvalue weighted by molar-refractivity contribution is -0.126. The number of amides is 2. The maximum absolute atomic E-state index is 12.4. The molecule has 1 aliphatic rings. The molecular formula is C23H27N3O3. The molecule has 3 rings (SSSR count). The molecule has 1 aliphatic heterocycles. The van der Waals surface area contributed by atoms with Crippen molar-refractivity contribution in [3.05, 3.63) is 59.7 Å². The number of anilines is 1. The van der Waals surface area contributed by atoms with Crippen LogP contribution in [0, 0.1) is 5.92 Å². The first-order valence-electron chi connectivity index (χ1n) is 10.1. The smallest absolute Gasteiger partial charge is 0.245 e. The topological polar surface area (TPSA) is 71.0 Å². The number of hydrogen-bond acceptors (Lipinski definition) is 4. The molecule has 6 heteroatoms. The van der Waals surface area contributed by atoms with Crippen LogP contribution < -0.4 is 15.1 Å². The van der Waals surface area contributed by atoms with Crippen molar-refractivity contribution in [2.24, 2.45) is 11.0 Å². The molecule has 29 heavy (non-hydrogen) atoms. The van der Waals surface area contributed by atoms with E-state index in [1.165, 1.54) is 5.56 Å². The number of aryl methyl sites for hydroxylation is 1. The number of hydrogen-bond donors (Lipinski definition) is 1. The van der Waals surface area contributed by atoms with Gasteiger partial charge in [-0.1, -0.05) is 26.0 Å². The van der Waals surface area contributed by atoms with Crippen LogP contribution in [0.15, 0.2) is 53.6 Å². The van der Waals surface area contributed by atoms with E-state index in [2.05, 4.69) is 24.4 Å². The SMILES string of the molecule is CCCOc1ccc(/C=N/NC(=O)[C@H]2CC(=O)N(c3ccc(CC)cc3)C2)cc1. The monoisotopic (exact) mass is 393 g/mol. The Morgan fingerprint density at radius 3 is 2.55 bits per heavy atom. The largest absolute Gasteiger partial charge is 0.494 e. The molecule has 0 spiro atoms. The van der Waals surface area contributed by atoms with Crippen molar-refractivity contribution in [2.75, 3.05) is 18.1 Å². The summed E-state index contributed by atoms with van der Waals surface area (Å²) in [5.41, 5.74) is 5.46. The molecule has 0 bridgehead atoms. The molecule has 0 saturated carbocycles. The van der Waals surface area contributed by atoms with Gasteiger partial charge < -0.3 is 9.64 Å². The summed E-state index contributed by atoms with van der Waals surface area (Å²) >= 11 is 0. The van der Waals surface area contributed by atoms with Crippen LogP contribution in [0.1, 0.15) is 37.8 Å². The van der Waals surface area contributed by atoms with Gasteiger partial charge in [-0.25, -0.2) is 5.43 Å². The van der Waals surface area contributed by atoms with Gasteiger partial charge >= 0.3 is 0 Å².